The van der Waals surface area contributed by atoms with Gasteiger partial charge in [0.05, 0.1) is 26.8 Å². The quantitative estimate of drug-likeness (QED) is 0.150. The minimum absolute atomic E-state index is 0.110. The molecule has 0 bridgehead atoms. The first-order valence-electron chi connectivity index (χ1n) is 11.9. The number of aromatic nitrogens is 5. The summed E-state index contributed by atoms with van der Waals surface area (Å²) in [4.78, 5) is 35.5. The van der Waals surface area contributed by atoms with Crippen LogP contribution in [0.4, 0.5) is 16.5 Å². The number of benzene rings is 3. The highest BCUT2D eigenvalue weighted by Crippen LogP contribution is 2.47. The summed E-state index contributed by atoms with van der Waals surface area (Å²) < 4.78 is 1.70. The third-order valence-corrected chi connectivity index (χ3v) is 8.10. The highest BCUT2D eigenvalue weighted by molar-refractivity contribution is 8.04. The second-order valence-electron chi connectivity index (χ2n) is 8.71. The van der Waals surface area contributed by atoms with Crippen molar-refractivity contribution >= 4 is 62.6 Å². The number of carbonyl (C=O) groups is 1. The van der Waals surface area contributed by atoms with Crippen LogP contribution in [-0.4, -0.2) is 46.0 Å². The van der Waals surface area contributed by atoms with Crippen LogP contribution in [0, 0.1) is 20.2 Å². The number of carbonyl (C=O) groups excluding carboxylic acids is 1. The Morgan fingerprint density at radius 2 is 1.68 bits per heavy atom. The van der Waals surface area contributed by atoms with Crippen molar-refractivity contribution in [1.29, 1.82) is 0 Å². The van der Waals surface area contributed by atoms with Crippen molar-refractivity contribution in [2.24, 2.45) is 0 Å². The van der Waals surface area contributed by atoms with E-state index in [-0.39, 0.29) is 16.3 Å². The van der Waals surface area contributed by atoms with Gasteiger partial charge in [-0.25, -0.2) is 9.69 Å². The Kier molecular flexibility index (Phi) is 6.82. The van der Waals surface area contributed by atoms with Crippen molar-refractivity contribution in [1.82, 2.24) is 30.2 Å². The van der Waals surface area contributed by atoms with E-state index >= 15 is 0 Å². The Hall–Kier alpha value is -5.22. The van der Waals surface area contributed by atoms with E-state index in [4.69, 9.17) is 0 Å². The highest BCUT2D eigenvalue weighted by atomic mass is 32.2. The fraction of sp³-hybridized carbons (Fsp3) is 0.0800. The zero-order valence-electron chi connectivity index (χ0n) is 20.7. The first-order valence-corrected chi connectivity index (χ1v) is 13.6. The summed E-state index contributed by atoms with van der Waals surface area (Å²) in [5.41, 5.74) is 5.34. The van der Waals surface area contributed by atoms with Crippen LogP contribution in [0.15, 0.2) is 77.7 Å². The first kappa shape index (κ1) is 26.0. The highest BCUT2D eigenvalue weighted by Gasteiger charge is 2.39. The minimum atomic E-state index is -0.695. The van der Waals surface area contributed by atoms with Gasteiger partial charge in [-0.15, -0.1) is 15.3 Å². The molecule has 3 heterocycles. The van der Waals surface area contributed by atoms with Crippen LogP contribution in [-0.2, 0) is 11.3 Å². The number of nitro groups is 2. The topological polar surface area (TPSA) is 175 Å². The number of rotatable bonds is 8. The maximum atomic E-state index is 13.6. The SMILES string of the molecule is O=C1/C(=C/c2cccc([N+](=O)[O-])c2)SC(c2cccc([N+](=O)[O-])c2)N1Nc1nnc(Cn2nnc3ccccc32)s1. The van der Waals surface area contributed by atoms with Crippen LogP contribution in [0.25, 0.3) is 17.1 Å². The van der Waals surface area contributed by atoms with Gasteiger partial charge in [0.25, 0.3) is 17.3 Å². The molecule has 1 saturated heterocycles. The monoisotopic (exact) mass is 587 g/mol. The van der Waals surface area contributed by atoms with E-state index in [1.807, 2.05) is 24.3 Å². The van der Waals surface area contributed by atoms with Crippen LogP contribution in [0.5, 0.6) is 0 Å². The first-order chi connectivity index (χ1) is 19.9. The molecule has 6 rings (SSSR count). The van der Waals surface area contributed by atoms with Crippen LogP contribution in [0.2, 0.25) is 0 Å². The Morgan fingerprint density at radius 1 is 0.927 bits per heavy atom. The van der Waals surface area contributed by atoms with Gasteiger partial charge in [0.1, 0.15) is 15.9 Å². The minimum Gasteiger partial charge on any atom is -0.267 e. The van der Waals surface area contributed by atoms with Gasteiger partial charge < -0.3 is 0 Å². The van der Waals surface area contributed by atoms with E-state index in [2.05, 4.69) is 25.9 Å². The van der Waals surface area contributed by atoms with E-state index in [9.17, 15) is 25.0 Å². The standard InChI is InChI=1S/C25H17N9O5S2/c35-23-21(12-15-5-3-7-17(11-15)33(36)37)40-24(16-6-4-8-18(13-16)34(38)39)32(23)29-25-28-27-22(41-25)14-31-20-10-2-1-9-19(20)26-30-31/h1-13,24H,14H2,(H,28,29)/b21-12-. The molecular formula is C25H17N9O5S2. The molecule has 16 heteroatoms. The van der Waals surface area contributed by atoms with Gasteiger partial charge in [-0.1, -0.05) is 64.7 Å². The summed E-state index contributed by atoms with van der Waals surface area (Å²) in [6.07, 6.45) is 1.55. The van der Waals surface area contributed by atoms with Crippen molar-refractivity contribution in [2.75, 3.05) is 5.43 Å². The molecule has 0 aliphatic carbocycles. The fourth-order valence-corrected chi connectivity index (χ4v) is 6.07. The Balaban J connectivity index is 1.30. The van der Waals surface area contributed by atoms with Gasteiger partial charge >= 0.3 is 0 Å². The molecule has 14 nitrogen and oxygen atoms in total. The molecule has 0 spiro atoms. The molecule has 1 aliphatic heterocycles. The summed E-state index contributed by atoms with van der Waals surface area (Å²) in [7, 11) is 0. The summed E-state index contributed by atoms with van der Waals surface area (Å²) >= 11 is 2.37. The molecule has 1 unspecified atom stereocenters. The van der Waals surface area contributed by atoms with Crippen LogP contribution in [0.1, 0.15) is 21.5 Å². The Labute approximate surface area is 238 Å². The molecule has 0 saturated carbocycles. The number of hydrazine groups is 1. The predicted octanol–water partition coefficient (Wildman–Crippen LogP) is 4.79. The van der Waals surface area contributed by atoms with Crippen molar-refractivity contribution in [3.05, 3.63) is 114 Å². The molecule has 1 atom stereocenters. The number of para-hydroxylation sites is 1. The van der Waals surface area contributed by atoms with E-state index in [0.29, 0.717) is 27.8 Å². The zero-order chi connectivity index (χ0) is 28.5. The second-order valence-corrected chi connectivity index (χ2v) is 10.9. The fourth-order valence-electron chi connectivity index (χ4n) is 4.17. The lowest BCUT2D eigenvalue weighted by Crippen LogP contribution is -2.33. The number of hydrogen-bond donors (Lipinski definition) is 1. The Bertz CT molecular complexity index is 1850. The molecule has 3 aromatic carbocycles. The third kappa shape index (κ3) is 5.32. The summed E-state index contributed by atoms with van der Waals surface area (Å²) in [5.74, 6) is -0.433. The number of thioether (sulfide) groups is 1. The maximum Gasteiger partial charge on any atom is 0.280 e. The van der Waals surface area contributed by atoms with Crippen LogP contribution >= 0.6 is 23.1 Å². The van der Waals surface area contributed by atoms with Crippen molar-refractivity contribution in [2.45, 2.75) is 11.9 Å². The van der Waals surface area contributed by atoms with E-state index in [1.165, 1.54) is 46.7 Å². The molecule has 1 fully saturated rings. The van der Waals surface area contributed by atoms with Gasteiger partial charge in [0.15, 0.2) is 0 Å². The van der Waals surface area contributed by atoms with E-state index in [1.54, 1.807) is 29.0 Å². The smallest absolute Gasteiger partial charge is 0.267 e. The number of nitro benzene ring substituents is 2. The maximum absolute atomic E-state index is 13.6. The third-order valence-electron chi connectivity index (χ3n) is 6.04. The average molecular weight is 588 g/mol. The number of fused-ring (bicyclic) bond motifs is 1. The van der Waals surface area contributed by atoms with E-state index < -0.39 is 21.1 Å². The van der Waals surface area contributed by atoms with Gasteiger partial charge in [0.2, 0.25) is 5.13 Å². The molecule has 1 aliphatic rings. The number of non-ortho nitro benzene ring substituents is 2. The molecule has 204 valence electrons. The Morgan fingerprint density at radius 3 is 2.49 bits per heavy atom. The molecule has 0 radical (unpaired) electrons. The predicted molar refractivity (Wildman–Crippen MR) is 152 cm³/mol. The molecule has 2 aromatic heterocycles. The van der Waals surface area contributed by atoms with Crippen LogP contribution < -0.4 is 5.43 Å². The van der Waals surface area contributed by atoms with Crippen molar-refractivity contribution in [3.8, 4) is 0 Å². The number of amides is 1. The number of hydrogen-bond acceptors (Lipinski definition) is 12. The average Bonchev–Trinajstić information content (AvgIpc) is 3.68. The van der Waals surface area contributed by atoms with Gasteiger partial charge in [-0.05, 0) is 29.3 Å². The van der Waals surface area contributed by atoms with Crippen molar-refractivity contribution in [3.63, 3.8) is 0 Å². The molecular weight excluding hydrogens is 570 g/mol. The lowest BCUT2D eigenvalue weighted by molar-refractivity contribution is -0.385. The van der Waals surface area contributed by atoms with E-state index in [0.717, 1.165) is 22.8 Å². The largest absolute Gasteiger partial charge is 0.280 e. The zero-order valence-corrected chi connectivity index (χ0v) is 22.4. The summed E-state index contributed by atoms with van der Waals surface area (Å²) in [6, 6.07) is 19.4. The molecule has 1 N–H and O–H groups in total. The summed E-state index contributed by atoms with van der Waals surface area (Å²) in [6.45, 7) is 0.314. The van der Waals surface area contributed by atoms with Gasteiger partial charge in [0, 0.05) is 24.3 Å². The molecule has 5 aromatic rings. The number of nitrogens with one attached hydrogen (secondary N) is 1. The number of nitrogens with zero attached hydrogens (tertiary/aromatic N) is 8. The van der Waals surface area contributed by atoms with Crippen molar-refractivity contribution < 1.29 is 14.6 Å². The lowest BCUT2D eigenvalue weighted by Gasteiger charge is -2.23. The van der Waals surface area contributed by atoms with Gasteiger partial charge in [-0.3, -0.25) is 30.4 Å². The second kappa shape index (κ2) is 10.7. The lowest BCUT2D eigenvalue weighted by atomic mass is 10.2. The number of anilines is 1. The van der Waals surface area contributed by atoms with Crippen LogP contribution in [0.3, 0.4) is 0 Å². The summed E-state index contributed by atoms with van der Waals surface area (Å²) in [5, 5.41) is 40.9. The van der Waals surface area contributed by atoms with Gasteiger partial charge in [-0.2, -0.15) is 0 Å². The molecule has 41 heavy (non-hydrogen) atoms. The molecule has 1 amide bonds. The normalized spacial score (nSPS) is 16.0.